The Bertz CT molecular complexity index is 733. The third-order valence-corrected chi connectivity index (χ3v) is 5.65. The van der Waals surface area contributed by atoms with E-state index in [0.29, 0.717) is 5.41 Å². The van der Waals surface area contributed by atoms with Crippen molar-refractivity contribution >= 4 is 5.82 Å². The molecule has 2 aromatic rings. The van der Waals surface area contributed by atoms with Crippen molar-refractivity contribution in [3.8, 4) is 0 Å². The van der Waals surface area contributed by atoms with Crippen molar-refractivity contribution in [1.29, 1.82) is 0 Å². The molecule has 2 aliphatic heterocycles. The van der Waals surface area contributed by atoms with E-state index in [1.165, 1.54) is 24.8 Å². The first-order valence-corrected chi connectivity index (χ1v) is 9.13. The molecule has 4 rings (SSSR count). The smallest absolute Gasteiger partial charge is 0.150 e. The van der Waals surface area contributed by atoms with E-state index >= 15 is 0 Å². The van der Waals surface area contributed by atoms with E-state index in [4.69, 9.17) is 0 Å². The van der Waals surface area contributed by atoms with Crippen LogP contribution >= 0.6 is 0 Å². The Balaban J connectivity index is 1.44. The largest absolute Gasteiger partial charge is 0.354 e. The second-order valence-corrected chi connectivity index (χ2v) is 7.58. The number of hydrogen-bond acceptors (Lipinski definition) is 4. The Hall–Kier alpha value is -2.01. The van der Waals surface area contributed by atoms with Gasteiger partial charge in [0.25, 0.3) is 0 Å². The predicted octanol–water partition coefficient (Wildman–Crippen LogP) is 3.42. The van der Waals surface area contributed by atoms with Gasteiger partial charge in [0, 0.05) is 44.0 Å². The Kier molecular flexibility index (Phi) is 4.42. The van der Waals surface area contributed by atoms with Crippen LogP contribution in [-0.2, 0) is 6.54 Å². The highest BCUT2D eigenvalue weighted by Gasteiger charge is 2.42. The zero-order chi connectivity index (χ0) is 17.3. The van der Waals surface area contributed by atoms with Crippen molar-refractivity contribution in [3.05, 3.63) is 53.7 Å². The van der Waals surface area contributed by atoms with E-state index in [1.54, 1.807) is 24.5 Å². The number of rotatable bonds is 3. The summed E-state index contributed by atoms with van der Waals surface area (Å²) in [6.45, 7) is 7.31. The molecule has 2 fully saturated rings. The number of piperidine rings is 1. The Labute approximate surface area is 148 Å². The van der Waals surface area contributed by atoms with Gasteiger partial charge in [0.2, 0.25) is 0 Å². The fraction of sp³-hybridized carbons (Fsp3) is 0.500. The highest BCUT2D eigenvalue weighted by molar-refractivity contribution is 5.44. The van der Waals surface area contributed by atoms with E-state index in [9.17, 15) is 4.39 Å². The van der Waals surface area contributed by atoms with Gasteiger partial charge in [-0.2, -0.15) is 0 Å². The third-order valence-electron chi connectivity index (χ3n) is 5.65. The highest BCUT2D eigenvalue weighted by Crippen LogP contribution is 2.40. The molecule has 1 atom stereocenters. The fourth-order valence-electron chi connectivity index (χ4n) is 4.45. The number of nitrogens with zero attached hydrogens (tertiary/aromatic N) is 4. The molecule has 25 heavy (non-hydrogen) atoms. The quantitative estimate of drug-likeness (QED) is 0.857. The van der Waals surface area contributed by atoms with Gasteiger partial charge in [0.05, 0.1) is 5.69 Å². The normalized spacial score (nSPS) is 24.2. The summed E-state index contributed by atoms with van der Waals surface area (Å²) < 4.78 is 13.1. The van der Waals surface area contributed by atoms with E-state index < -0.39 is 0 Å². The second-order valence-electron chi connectivity index (χ2n) is 7.58. The van der Waals surface area contributed by atoms with Crippen LogP contribution in [0.5, 0.6) is 0 Å². The number of likely N-dealkylation sites (tertiary alicyclic amines) is 1. The minimum atomic E-state index is -0.162. The predicted molar refractivity (Wildman–Crippen MR) is 96.9 cm³/mol. The summed E-state index contributed by atoms with van der Waals surface area (Å²) in [5.74, 6) is 0.875. The van der Waals surface area contributed by atoms with Crippen LogP contribution in [0.2, 0.25) is 0 Å². The van der Waals surface area contributed by atoms with Gasteiger partial charge < -0.3 is 4.90 Å². The summed E-state index contributed by atoms with van der Waals surface area (Å²) in [5, 5.41) is 0. The van der Waals surface area contributed by atoms with E-state index in [0.717, 1.165) is 44.2 Å². The van der Waals surface area contributed by atoms with Gasteiger partial charge in [-0.25, -0.2) is 9.37 Å². The molecule has 0 saturated carbocycles. The molecule has 3 heterocycles. The van der Waals surface area contributed by atoms with Crippen LogP contribution in [0.3, 0.4) is 0 Å². The summed E-state index contributed by atoms with van der Waals surface area (Å²) in [7, 11) is 0. The average Bonchev–Trinajstić information content (AvgIpc) is 3.00. The van der Waals surface area contributed by atoms with Crippen LogP contribution in [0.15, 0.2) is 36.7 Å². The highest BCUT2D eigenvalue weighted by atomic mass is 19.1. The maximum Gasteiger partial charge on any atom is 0.150 e. The summed E-state index contributed by atoms with van der Waals surface area (Å²) >= 11 is 0. The van der Waals surface area contributed by atoms with Crippen molar-refractivity contribution in [3.63, 3.8) is 0 Å². The molecule has 2 saturated heterocycles. The lowest BCUT2D eigenvalue weighted by atomic mass is 9.79. The zero-order valence-corrected chi connectivity index (χ0v) is 14.8. The lowest BCUT2D eigenvalue weighted by Crippen LogP contribution is -2.44. The van der Waals surface area contributed by atoms with Crippen LogP contribution in [0.25, 0.3) is 0 Å². The Morgan fingerprint density at radius 3 is 2.64 bits per heavy atom. The molecule has 5 heteroatoms. The third kappa shape index (κ3) is 3.52. The minimum absolute atomic E-state index is 0.162. The zero-order valence-electron chi connectivity index (χ0n) is 14.8. The molecule has 1 aromatic heterocycles. The molecule has 1 aromatic carbocycles. The van der Waals surface area contributed by atoms with Crippen LogP contribution in [0, 0.1) is 18.2 Å². The summed E-state index contributed by atoms with van der Waals surface area (Å²) in [6.07, 6.45) is 7.27. The first-order valence-electron chi connectivity index (χ1n) is 9.13. The molecule has 1 unspecified atom stereocenters. The minimum Gasteiger partial charge on any atom is -0.354 e. The van der Waals surface area contributed by atoms with E-state index in [-0.39, 0.29) is 5.82 Å². The average molecular weight is 340 g/mol. The number of benzene rings is 1. The molecule has 4 nitrogen and oxygen atoms in total. The lowest BCUT2D eigenvalue weighted by Gasteiger charge is -2.40. The number of hydrogen-bond donors (Lipinski definition) is 0. The van der Waals surface area contributed by atoms with Crippen molar-refractivity contribution in [1.82, 2.24) is 14.9 Å². The molecule has 0 amide bonds. The monoisotopic (exact) mass is 340 g/mol. The number of aromatic nitrogens is 2. The van der Waals surface area contributed by atoms with Crippen molar-refractivity contribution < 1.29 is 4.39 Å². The number of aryl methyl sites for hydroxylation is 1. The molecule has 0 N–H and O–H groups in total. The Morgan fingerprint density at radius 2 is 1.84 bits per heavy atom. The number of anilines is 1. The van der Waals surface area contributed by atoms with Gasteiger partial charge in [0.1, 0.15) is 11.6 Å². The SMILES string of the molecule is Cc1nccnc1N1CCC2(CCCN(Cc3ccc(F)cc3)C2)C1. The molecule has 0 aliphatic carbocycles. The molecule has 1 spiro atoms. The maximum absolute atomic E-state index is 13.1. The van der Waals surface area contributed by atoms with Crippen LogP contribution in [-0.4, -0.2) is 41.0 Å². The summed E-state index contributed by atoms with van der Waals surface area (Å²) in [6, 6.07) is 6.92. The molecule has 132 valence electrons. The van der Waals surface area contributed by atoms with E-state index in [2.05, 4.69) is 19.8 Å². The van der Waals surface area contributed by atoms with Gasteiger partial charge in [0.15, 0.2) is 0 Å². The molecule has 0 bridgehead atoms. The summed E-state index contributed by atoms with van der Waals surface area (Å²) in [5.41, 5.74) is 2.55. The van der Waals surface area contributed by atoms with Gasteiger partial charge in [-0.15, -0.1) is 0 Å². The molecular formula is C20H25FN4. The molecular weight excluding hydrogens is 315 g/mol. The Morgan fingerprint density at radius 1 is 1.04 bits per heavy atom. The second kappa shape index (κ2) is 6.71. The number of halogens is 1. The van der Waals surface area contributed by atoms with Gasteiger partial charge >= 0.3 is 0 Å². The van der Waals surface area contributed by atoms with Crippen molar-refractivity contribution in [2.24, 2.45) is 5.41 Å². The van der Waals surface area contributed by atoms with Crippen LogP contribution in [0.4, 0.5) is 10.2 Å². The summed E-state index contributed by atoms with van der Waals surface area (Å²) in [4.78, 5) is 13.9. The van der Waals surface area contributed by atoms with Crippen molar-refractivity contribution in [2.75, 3.05) is 31.1 Å². The fourth-order valence-corrected chi connectivity index (χ4v) is 4.45. The van der Waals surface area contributed by atoms with Gasteiger partial charge in [-0.05, 0) is 50.4 Å². The molecule has 2 aliphatic rings. The van der Waals surface area contributed by atoms with Gasteiger partial charge in [-0.1, -0.05) is 12.1 Å². The van der Waals surface area contributed by atoms with Crippen molar-refractivity contribution in [2.45, 2.75) is 32.7 Å². The van der Waals surface area contributed by atoms with Crippen LogP contribution < -0.4 is 4.90 Å². The van der Waals surface area contributed by atoms with Crippen LogP contribution in [0.1, 0.15) is 30.5 Å². The first-order chi connectivity index (χ1) is 12.1. The molecule has 0 radical (unpaired) electrons. The lowest BCUT2D eigenvalue weighted by molar-refractivity contribution is 0.0991. The first kappa shape index (κ1) is 16.5. The standard InChI is InChI=1S/C20H25FN4/c1-16-19(23-10-9-22-16)25-12-8-20(15-25)7-2-11-24(14-20)13-17-3-5-18(21)6-4-17/h3-6,9-10H,2,7-8,11-15H2,1H3. The maximum atomic E-state index is 13.1. The topological polar surface area (TPSA) is 32.3 Å². The van der Waals surface area contributed by atoms with E-state index in [1.807, 2.05) is 19.1 Å². The van der Waals surface area contributed by atoms with Gasteiger partial charge in [-0.3, -0.25) is 9.88 Å².